The quantitative estimate of drug-likeness (QED) is 0.346. The number of nitrogens with one attached hydrogen (secondary N) is 1. The number of amides is 1. The number of benzene rings is 3. The third kappa shape index (κ3) is 6.41. The van der Waals surface area contributed by atoms with Crippen molar-refractivity contribution in [2.75, 3.05) is 7.11 Å². The average Bonchev–Trinajstić information content (AvgIpc) is 2.85. The molecule has 2 N–H and O–H groups in total. The number of hydrogen-bond donors (Lipinski definition) is 2. The van der Waals surface area contributed by atoms with Gasteiger partial charge in [0.15, 0.2) is 0 Å². The van der Waals surface area contributed by atoms with Gasteiger partial charge in [0.1, 0.15) is 11.6 Å². The normalized spacial score (nSPS) is 12.2. The standard InChI is InChI=1S/C27H25F4NO4/c1-3-17(26(34)35)11-16-5-4-6-18(12-16)19-7-10-24(36-2)20(13-19)15-32-25(33)22-9-8-21(14-23(22)28)27(29,30)31/h4-10,12-14,17H,3,11,15H2,1-2H3,(H,32,33)(H,34,35). The van der Waals surface area contributed by atoms with Gasteiger partial charge in [-0.2, -0.15) is 13.2 Å². The molecular formula is C27H25F4NO4. The van der Waals surface area contributed by atoms with Crippen LogP contribution < -0.4 is 10.1 Å². The lowest BCUT2D eigenvalue weighted by molar-refractivity contribution is -0.141. The van der Waals surface area contributed by atoms with Crippen LogP contribution in [0.4, 0.5) is 17.6 Å². The van der Waals surface area contributed by atoms with Gasteiger partial charge in [-0.05, 0) is 59.9 Å². The Bertz CT molecular complexity index is 1260. The zero-order valence-electron chi connectivity index (χ0n) is 19.7. The Morgan fingerprint density at radius 1 is 1.03 bits per heavy atom. The van der Waals surface area contributed by atoms with Crippen LogP contribution in [0.1, 0.15) is 40.4 Å². The van der Waals surface area contributed by atoms with Crippen LogP contribution in [0.5, 0.6) is 5.75 Å². The van der Waals surface area contributed by atoms with Gasteiger partial charge in [-0.1, -0.05) is 37.3 Å². The number of carboxylic acid groups (broad SMARTS) is 1. The summed E-state index contributed by atoms with van der Waals surface area (Å²) < 4.78 is 57.8. The van der Waals surface area contributed by atoms with Crippen LogP contribution in [0.15, 0.2) is 60.7 Å². The van der Waals surface area contributed by atoms with E-state index < -0.39 is 40.9 Å². The van der Waals surface area contributed by atoms with Crippen molar-refractivity contribution in [3.8, 4) is 16.9 Å². The van der Waals surface area contributed by atoms with E-state index in [-0.39, 0.29) is 12.6 Å². The molecule has 0 heterocycles. The molecule has 3 rings (SSSR count). The zero-order chi connectivity index (χ0) is 26.5. The second kappa shape index (κ2) is 11.2. The zero-order valence-corrected chi connectivity index (χ0v) is 19.7. The van der Waals surface area contributed by atoms with E-state index in [1.54, 1.807) is 12.1 Å². The Labute approximate surface area is 205 Å². The number of aliphatic carboxylic acids is 1. The molecule has 1 amide bonds. The first kappa shape index (κ1) is 26.7. The Morgan fingerprint density at radius 2 is 1.75 bits per heavy atom. The summed E-state index contributed by atoms with van der Waals surface area (Å²) in [5.74, 6) is -3.02. The molecule has 0 spiro atoms. The van der Waals surface area contributed by atoms with Crippen LogP contribution in [-0.4, -0.2) is 24.1 Å². The van der Waals surface area contributed by atoms with Crippen molar-refractivity contribution in [1.29, 1.82) is 0 Å². The van der Waals surface area contributed by atoms with E-state index in [9.17, 15) is 32.3 Å². The molecule has 0 fully saturated rings. The molecule has 0 aliphatic carbocycles. The summed E-state index contributed by atoms with van der Waals surface area (Å²) in [4.78, 5) is 23.9. The van der Waals surface area contributed by atoms with Gasteiger partial charge in [0.2, 0.25) is 0 Å². The van der Waals surface area contributed by atoms with E-state index in [2.05, 4.69) is 5.32 Å². The molecule has 1 atom stereocenters. The number of halogens is 4. The highest BCUT2D eigenvalue weighted by atomic mass is 19.4. The predicted molar refractivity (Wildman–Crippen MR) is 126 cm³/mol. The maximum Gasteiger partial charge on any atom is 0.416 e. The SMILES string of the molecule is CCC(Cc1cccc(-c2ccc(OC)c(CNC(=O)c3ccc(C(F)(F)F)cc3F)c2)c1)C(=O)O. The maximum absolute atomic E-state index is 14.2. The minimum absolute atomic E-state index is 0.0626. The highest BCUT2D eigenvalue weighted by Gasteiger charge is 2.31. The Hall–Kier alpha value is -3.88. The summed E-state index contributed by atoms with van der Waals surface area (Å²) in [6, 6.07) is 14.5. The average molecular weight is 503 g/mol. The smallest absolute Gasteiger partial charge is 0.416 e. The summed E-state index contributed by atoms with van der Waals surface area (Å²) in [7, 11) is 1.45. The number of carbonyl (C=O) groups is 2. The molecule has 0 bridgehead atoms. The van der Waals surface area contributed by atoms with Crippen molar-refractivity contribution in [2.24, 2.45) is 5.92 Å². The Morgan fingerprint density at radius 3 is 2.36 bits per heavy atom. The molecule has 5 nitrogen and oxygen atoms in total. The molecule has 0 aromatic heterocycles. The summed E-state index contributed by atoms with van der Waals surface area (Å²) >= 11 is 0. The van der Waals surface area contributed by atoms with Crippen molar-refractivity contribution in [3.05, 3.63) is 88.7 Å². The number of rotatable bonds is 9. The van der Waals surface area contributed by atoms with E-state index in [4.69, 9.17) is 4.74 Å². The lowest BCUT2D eigenvalue weighted by Gasteiger charge is -2.14. The molecule has 9 heteroatoms. The second-order valence-electron chi connectivity index (χ2n) is 8.25. The fraction of sp³-hybridized carbons (Fsp3) is 0.259. The summed E-state index contributed by atoms with van der Waals surface area (Å²) in [6.45, 7) is 1.76. The molecule has 0 aliphatic rings. The minimum Gasteiger partial charge on any atom is -0.496 e. The summed E-state index contributed by atoms with van der Waals surface area (Å²) in [6.07, 6.45) is -3.82. The van der Waals surface area contributed by atoms with Crippen LogP contribution in [0.2, 0.25) is 0 Å². The topological polar surface area (TPSA) is 75.6 Å². The van der Waals surface area contributed by atoms with Crippen LogP contribution in [0.3, 0.4) is 0 Å². The van der Waals surface area contributed by atoms with E-state index >= 15 is 0 Å². The van der Waals surface area contributed by atoms with E-state index in [1.807, 2.05) is 37.3 Å². The number of hydrogen-bond acceptors (Lipinski definition) is 3. The number of alkyl halides is 3. The van der Waals surface area contributed by atoms with Gasteiger partial charge in [0.05, 0.1) is 24.2 Å². The lowest BCUT2D eigenvalue weighted by Crippen LogP contribution is -2.24. The van der Waals surface area contributed by atoms with Crippen LogP contribution in [-0.2, 0) is 23.9 Å². The first-order chi connectivity index (χ1) is 17.0. The first-order valence-corrected chi connectivity index (χ1v) is 11.2. The molecule has 0 saturated heterocycles. The molecule has 3 aromatic carbocycles. The predicted octanol–water partition coefficient (Wildman–Crippen LogP) is 6.10. The lowest BCUT2D eigenvalue weighted by atomic mass is 9.94. The van der Waals surface area contributed by atoms with Gasteiger partial charge in [-0.25, -0.2) is 4.39 Å². The molecule has 190 valence electrons. The third-order valence-corrected chi connectivity index (χ3v) is 5.85. The highest BCUT2D eigenvalue weighted by molar-refractivity contribution is 5.94. The number of ether oxygens (including phenoxy) is 1. The van der Waals surface area contributed by atoms with Gasteiger partial charge in [-0.15, -0.1) is 0 Å². The van der Waals surface area contributed by atoms with Gasteiger partial charge < -0.3 is 15.2 Å². The van der Waals surface area contributed by atoms with Gasteiger partial charge >= 0.3 is 12.1 Å². The van der Waals surface area contributed by atoms with Gasteiger partial charge in [0, 0.05) is 12.1 Å². The molecule has 0 aliphatic heterocycles. The molecule has 3 aromatic rings. The maximum atomic E-state index is 14.2. The fourth-order valence-corrected chi connectivity index (χ4v) is 3.81. The van der Waals surface area contributed by atoms with Crippen molar-refractivity contribution in [2.45, 2.75) is 32.5 Å². The van der Waals surface area contributed by atoms with Crippen LogP contribution in [0.25, 0.3) is 11.1 Å². The van der Waals surface area contributed by atoms with Crippen molar-refractivity contribution in [1.82, 2.24) is 5.32 Å². The number of methoxy groups -OCH3 is 1. The van der Waals surface area contributed by atoms with Gasteiger partial charge in [0.25, 0.3) is 5.91 Å². The summed E-state index contributed by atoms with van der Waals surface area (Å²) in [5.41, 5.74) is 1.36. The molecular weight excluding hydrogens is 478 g/mol. The van der Waals surface area contributed by atoms with E-state index in [0.29, 0.717) is 30.2 Å². The van der Waals surface area contributed by atoms with Gasteiger partial charge in [-0.3, -0.25) is 9.59 Å². The second-order valence-corrected chi connectivity index (χ2v) is 8.25. The fourth-order valence-electron chi connectivity index (χ4n) is 3.81. The Balaban J connectivity index is 1.80. The van der Waals surface area contributed by atoms with Crippen LogP contribution >= 0.6 is 0 Å². The largest absolute Gasteiger partial charge is 0.496 e. The van der Waals surface area contributed by atoms with Crippen LogP contribution in [0, 0.1) is 11.7 Å². The Kier molecular flexibility index (Phi) is 8.34. The van der Waals surface area contributed by atoms with Crippen molar-refractivity contribution >= 4 is 11.9 Å². The molecule has 0 radical (unpaired) electrons. The van der Waals surface area contributed by atoms with E-state index in [0.717, 1.165) is 22.8 Å². The number of carboxylic acids is 1. The minimum atomic E-state index is -4.72. The molecule has 1 unspecified atom stereocenters. The van der Waals surface area contributed by atoms with Crippen molar-refractivity contribution in [3.63, 3.8) is 0 Å². The third-order valence-electron chi connectivity index (χ3n) is 5.85. The van der Waals surface area contributed by atoms with Crippen molar-refractivity contribution < 1.29 is 37.0 Å². The molecule has 36 heavy (non-hydrogen) atoms. The first-order valence-electron chi connectivity index (χ1n) is 11.2. The number of carbonyl (C=O) groups excluding carboxylic acids is 1. The monoisotopic (exact) mass is 503 g/mol. The highest BCUT2D eigenvalue weighted by Crippen LogP contribution is 2.31. The summed E-state index contributed by atoms with van der Waals surface area (Å²) in [5, 5.41) is 11.9. The molecule has 0 saturated carbocycles. The van der Waals surface area contributed by atoms with E-state index in [1.165, 1.54) is 7.11 Å².